The molecule has 0 atom stereocenters. The van der Waals surface area contributed by atoms with Gasteiger partial charge in [-0.05, 0) is 41.3 Å². The van der Waals surface area contributed by atoms with Crippen LogP contribution in [-0.2, 0) is 11.4 Å². The largest absolute Gasteiger partial charge is 0.487 e. The van der Waals surface area contributed by atoms with Gasteiger partial charge in [0.1, 0.15) is 18.1 Å². The number of nitrogens with one attached hydrogen (secondary N) is 1. The number of amides is 1. The average molecular weight is 375 g/mol. The van der Waals surface area contributed by atoms with E-state index in [4.69, 9.17) is 9.47 Å². The Hall–Kier alpha value is -3.27. The number of carbonyl (C=O) groups excluding carboxylic acids is 1. The minimum Gasteiger partial charge on any atom is -0.487 e. The van der Waals surface area contributed by atoms with Crippen molar-refractivity contribution in [2.45, 2.75) is 26.4 Å². The van der Waals surface area contributed by atoms with Gasteiger partial charge in [-0.25, -0.2) is 0 Å². The summed E-state index contributed by atoms with van der Waals surface area (Å²) in [6.07, 6.45) is 0. The molecule has 3 aromatic carbocycles. The molecule has 4 heteroatoms. The molecule has 0 spiro atoms. The fourth-order valence-corrected chi connectivity index (χ4v) is 2.72. The van der Waals surface area contributed by atoms with Crippen LogP contribution in [-0.4, -0.2) is 12.5 Å². The second-order valence-corrected chi connectivity index (χ2v) is 6.83. The van der Waals surface area contributed by atoms with Crippen molar-refractivity contribution in [1.29, 1.82) is 0 Å². The van der Waals surface area contributed by atoms with Crippen molar-refractivity contribution in [1.82, 2.24) is 0 Å². The van der Waals surface area contributed by atoms with Crippen LogP contribution in [0.3, 0.4) is 0 Å². The quantitative estimate of drug-likeness (QED) is 0.573. The zero-order valence-corrected chi connectivity index (χ0v) is 16.2. The Morgan fingerprint density at radius 1 is 0.857 bits per heavy atom. The van der Waals surface area contributed by atoms with Gasteiger partial charge in [-0.1, -0.05) is 68.4 Å². The standard InChI is InChI=1S/C24H25NO3/c1-18(2)20-12-14-21(15-13-20)27-17-24(26)25-22-10-6-7-11-23(22)28-16-19-8-4-3-5-9-19/h3-15,18H,16-17H2,1-2H3,(H,25,26). The molecular formula is C24H25NO3. The molecule has 1 amide bonds. The first kappa shape index (κ1) is 19.5. The van der Waals surface area contributed by atoms with Gasteiger partial charge in [0.25, 0.3) is 5.91 Å². The van der Waals surface area contributed by atoms with Crippen molar-refractivity contribution in [3.63, 3.8) is 0 Å². The number of hydrogen-bond donors (Lipinski definition) is 1. The topological polar surface area (TPSA) is 47.6 Å². The molecule has 144 valence electrons. The van der Waals surface area contributed by atoms with Crippen molar-refractivity contribution < 1.29 is 14.3 Å². The third-order valence-corrected chi connectivity index (χ3v) is 4.32. The maximum absolute atomic E-state index is 12.3. The van der Waals surface area contributed by atoms with Crippen LogP contribution in [0.1, 0.15) is 30.9 Å². The van der Waals surface area contributed by atoms with Gasteiger partial charge < -0.3 is 14.8 Å². The maximum atomic E-state index is 12.3. The summed E-state index contributed by atoms with van der Waals surface area (Å²) in [6.45, 7) is 4.65. The highest BCUT2D eigenvalue weighted by molar-refractivity contribution is 5.93. The molecule has 4 nitrogen and oxygen atoms in total. The Morgan fingerprint density at radius 3 is 2.25 bits per heavy atom. The highest BCUT2D eigenvalue weighted by Crippen LogP contribution is 2.25. The fraction of sp³-hybridized carbons (Fsp3) is 0.208. The predicted molar refractivity (Wildman–Crippen MR) is 112 cm³/mol. The summed E-state index contributed by atoms with van der Waals surface area (Å²) >= 11 is 0. The highest BCUT2D eigenvalue weighted by Gasteiger charge is 2.09. The Morgan fingerprint density at radius 2 is 1.54 bits per heavy atom. The molecular weight excluding hydrogens is 350 g/mol. The van der Waals surface area contributed by atoms with Crippen LogP contribution in [0.15, 0.2) is 78.9 Å². The highest BCUT2D eigenvalue weighted by atomic mass is 16.5. The van der Waals surface area contributed by atoms with Crippen LogP contribution in [0.5, 0.6) is 11.5 Å². The molecule has 0 fully saturated rings. The molecule has 0 aliphatic heterocycles. The Balaban J connectivity index is 1.55. The molecule has 3 rings (SSSR count). The van der Waals surface area contributed by atoms with Gasteiger partial charge >= 0.3 is 0 Å². The van der Waals surface area contributed by atoms with E-state index in [2.05, 4.69) is 19.2 Å². The number of benzene rings is 3. The molecule has 0 saturated heterocycles. The molecule has 0 aliphatic carbocycles. The zero-order chi connectivity index (χ0) is 19.8. The number of para-hydroxylation sites is 2. The molecule has 0 heterocycles. The minimum atomic E-state index is -0.233. The number of carbonyl (C=O) groups is 1. The summed E-state index contributed by atoms with van der Waals surface area (Å²) in [4.78, 5) is 12.3. The van der Waals surface area contributed by atoms with Crippen LogP contribution in [0, 0.1) is 0 Å². The van der Waals surface area contributed by atoms with Crippen LogP contribution < -0.4 is 14.8 Å². The SMILES string of the molecule is CC(C)c1ccc(OCC(=O)Nc2ccccc2OCc2ccccc2)cc1. The molecule has 0 bridgehead atoms. The molecule has 0 saturated carbocycles. The smallest absolute Gasteiger partial charge is 0.262 e. The van der Waals surface area contributed by atoms with E-state index >= 15 is 0 Å². The van der Waals surface area contributed by atoms with Crippen LogP contribution in [0.2, 0.25) is 0 Å². The predicted octanol–water partition coefficient (Wildman–Crippen LogP) is 5.41. The van der Waals surface area contributed by atoms with Gasteiger partial charge in [0, 0.05) is 0 Å². The Bertz CT molecular complexity index is 889. The minimum absolute atomic E-state index is 0.0615. The first-order valence-electron chi connectivity index (χ1n) is 9.40. The van der Waals surface area contributed by atoms with E-state index in [1.54, 1.807) is 0 Å². The fourth-order valence-electron chi connectivity index (χ4n) is 2.72. The third kappa shape index (κ3) is 5.61. The van der Waals surface area contributed by atoms with E-state index < -0.39 is 0 Å². The molecule has 28 heavy (non-hydrogen) atoms. The van der Waals surface area contributed by atoms with Crippen molar-refractivity contribution in [2.24, 2.45) is 0 Å². The molecule has 1 N–H and O–H groups in total. The van der Waals surface area contributed by atoms with Crippen LogP contribution in [0.25, 0.3) is 0 Å². The number of ether oxygens (including phenoxy) is 2. The van der Waals surface area contributed by atoms with Gasteiger partial charge in [-0.2, -0.15) is 0 Å². The van der Waals surface area contributed by atoms with Crippen molar-refractivity contribution in [2.75, 3.05) is 11.9 Å². The van der Waals surface area contributed by atoms with Gasteiger partial charge in [-0.3, -0.25) is 4.79 Å². The number of anilines is 1. The van der Waals surface area contributed by atoms with Crippen molar-refractivity contribution >= 4 is 11.6 Å². The first-order valence-corrected chi connectivity index (χ1v) is 9.40. The third-order valence-electron chi connectivity index (χ3n) is 4.32. The summed E-state index contributed by atoms with van der Waals surface area (Å²) in [5.41, 5.74) is 2.93. The summed E-state index contributed by atoms with van der Waals surface area (Å²) in [6, 6.07) is 25.1. The Kier molecular flexibility index (Phi) is 6.68. The van der Waals surface area contributed by atoms with E-state index in [1.165, 1.54) is 5.56 Å². The molecule has 0 unspecified atom stereocenters. The van der Waals surface area contributed by atoms with Gasteiger partial charge in [-0.15, -0.1) is 0 Å². The maximum Gasteiger partial charge on any atom is 0.262 e. The lowest BCUT2D eigenvalue weighted by Gasteiger charge is -2.13. The monoisotopic (exact) mass is 375 g/mol. The molecule has 0 radical (unpaired) electrons. The lowest BCUT2D eigenvalue weighted by Crippen LogP contribution is -2.20. The van der Waals surface area contributed by atoms with E-state index in [9.17, 15) is 4.79 Å². The second kappa shape index (κ2) is 9.60. The summed E-state index contributed by atoms with van der Waals surface area (Å²) in [7, 11) is 0. The van der Waals surface area contributed by atoms with E-state index in [0.717, 1.165) is 5.56 Å². The Labute approximate surface area is 166 Å². The number of hydrogen-bond acceptors (Lipinski definition) is 3. The van der Waals surface area contributed by atoms with Crippen LogP contribution >= 0.6 is 0 Å². The normalized spacial score (nSPS) is 10.5. The second-order valence-electron chi connectivity index (χ2n) is 6.83. The zero-order valence-electron chi connectivity index (χ0n) is 16.2. The molecule has 0 aromatic heterocycles. The molecule has 0 aliphatic rings. The van der Waals surface area contributed by atoms with Gasteiger partial charge in [0.15, 0.2) is 6.61 Å². The van der Waals surface area contributed by atoms with Gasteiger partial charge in [0.05, 0.1) is 5.69 Å². The van der Waals surface area contributed by atoms with E-state index in [0.29, 0.717) is 29.7 Å². The van der Waals surface area contributed by atoms with Crippen LogP contribution in [0.4, 0.5) is 5.69 Å². The number of rotatable bonds is 8. The van der Waals surface area contributed by atoms with Gasteiger partial charge in [0.2, 0.25) is 0 Å². The first-order chi connectivity index (χ1) is 13.6. The lowest BCUT2D eigenvalue weighted by atomic mass is 10.0. The summed E-state index contributed by atoms with van der Waals surface area (Å²) in [5.74, 6) is 1.53. The lowest BCUT2D eigenvalue weighted by molar-refractivity contribution is -0.118. The average Bonchev–Trinajstić information content (AvgIpc) is 2.72. The van der Waals surface area contributed by atoms with Crippen molar-refractivity contribution in [3.8, 4) is 11.5 Å². The summed E-state index contributed by atoms with van der Waals surface area (Å²) < 4.78 is 11.5. The summed E-state index contributed by atoms with van der Waals surface area (Å²) in [5, 5.41) is 2.86. The van der Waals surface area contributed by atoms with E-state index in [1.807, 2.05) is 78.9 Å². The molecule has 3 aromatic rings. The van der Waals surface area contributed by atoms with Crippen molar-refractivity contribution in [3.05, 3.63) is 90.0 Å². The van der Waals surface area contributed by atoms with E-state index in [-0.39, 0.29) is 12.5 Å².